The molecule has 1 N–H and O–H groups in total. The lowest BCUT2D eigenvalue weighted by Crippen LogP contribution is -2.20. The first-order valence-electron chi connectivity index (χ1n) is 7.15. The lowest BCUT2D eigenvalue weighted by Gasteiger charge is -2.32. The first-order valence-corrected chi connectivity index (χ1v) is 8.76. The van der Waals surface area contributed by atoms with Crippen molar-refractivity contribution >= 4 is 13.3 Å². The van der Waals surface area contributed by atoms with E-state index in [1.165, 1.54) is 6.07 Å². The monoisotopic (exact) mass is 337 g/mol. The van der Waals surface area contributed by atoms with Crippen LogP contribution in [0.15, 0.2) is 18.2 Å². The first-order chi connectivity index (χ1) is 10.3. The van der Waals surface area contributed by atoms with Gasteiger partial charge < -0.3 is 14.4 Å². The van der Waals surface area contributed by atoms with Crippen LogP contribution in [0.4, 0.5) is 18.9 Å². The van der Waals surface area contributed by atoms with Gasteiger partial charge in [0.2, 0.25) is 0 Å². The minimum absolute atomic E-state index is 0.176. The van der Waals surface area contributed by atoms with Gasteiger partial charge >= 0.3 is 13.8 Å². The Morgan fingerprint density at radius 1 is 1.27 bits per heavy atom. The molecule has 1 aliphatic heterocycles. The van der Waals surface area contributed by atoms with Gasteiger partial charge in [0, 0.05) is 12.2 Å². The van der Waals surface area contributed by atoms with Crippen molar-refractivity contribution in [2.45, 2.75) is 32.1 Å². The quantitative estimate of drug-likeness (QED) is 0.782. The third-order valence-corrected chi connectivity index (χ3v) is 6.01. The fourth-order valence-electron chi connectivity index (χ4n) is 2.58. The summed E-state index contributed by atoms with van der Waals surface area (Å²) < 4.78 is 62.3. The van der Waals surface area contributed by atoms with Crippen molar-refractivity contribution in [3.8, 4) is 0 Å². The smallest absolute Gasteiger partial charge is 0.385 e. The fourth-order valence-corrected chi connectivity index (χ4v) is 4.73. The van der Waals surface area contributed by atoms with E-state index in [0.717, 1.165) is 12.1 Å². The van der Waals surface area contributed by atoms with E-state index in [0.29, 0.717) is 24.2 Å². The number of benzene rings is 1. The van der Waals surface area contributed by atoms with Crippen LogP contribution < -0.4 is 5.32 Å². The third-order valence-electron chi connectivity index (χ3n) is 3.47. The van der Waals surface area contributed by atoms with E-state index in [1.54, 1.807) is 13.8 Å². The molecule has 4 nitrogen and oxygen atoms in total. The van der Waals surface area contributed by atoms with Crippen molar-refractivity contribution in [3.05, 3.63) is 29.3 Å². The second-order valence-electron chi connectivity index (χ2n) is 4.91. The number of rotatable bonds is 5. The molecule has 0 spiro atoms. The van der Waals surface area contributed by atoms with E-state index in [4.69, 9.17) is 9.05 Å². The average molecular weight is 337 g/mol. The van der Waals surface area contributed by atoms with Crippen LogP contribution in [0.5, 0.6) is 0 Å². The van der Waals surface area contributed by atoms with Crippen molar-refractivity contribution in [2.24, 2.45) is 0 Å². The summed E-state index contributed by atoms with van der Waals surface area (Å²) in [6.45, 7) is 4.22. The Hall–Kier alpha value is -1.04. The maximum atomic E-state index is 12.9. The van der Waals surface area contributed by atoms with Gasteiger partial charge in [-0.3, -0.25) is 4.57 Å². The zero-order valence-electron chi connectivity index (χ0n) is 12.4. The van der Waals surface area contributed by atoms with E-state index < -0.39 is 25.0 Å². The van der Waals surface area contributed by atoms with Crippen LogP contribution in [0.25, 0.3) is 0 Å². The lowest BCUT2D eigenvalue weighted by molar-refractivity contribution is -0.137. The van der Waals surface area contributed by atoms with Gasteiger partial charge in [-0.25, -0.2) is 0 Å². The molecule has 0 radical (unpaired) electrons. The molecule has 0 saturated carbocycles. The lowest BCUT2D eigenvalue weighted by atomic mass is 10.00. The molecule has 1 aromatic carbocycles. The maximum absolute atomic E-state index is 12.9. The Morgan fingerprint density at radius 2 is 1.91 bits per heavy atom. The summed E-state index contributed by atoms with van der Waals surface area (Å²) in [5, 5.41) is 3.03. The molecule has 2 rings (SSSR count). The van der Waals surface area contributed by atoms with E-state index in [2.05, 4.69) is 5.32 Å². The predicted octanol–water partition coefficient (Wildman–Crippen LogP) is 4.83. The SMILES string of the molecule is CCOP(=O)(OCC)C1CCNc2ccc(C(F)(F)F)cc21. The van der Waals surface area contributed by atoms with Crippen LogP contribution in [0, 0.1) is 0 Å². The Morgan fingerprint density at radius 3 is 2.45 bits per heavy atom. The number of hydrogen-bond acceptors (Lipinski definition) is 4. The van der Waals surface area contributed by atoms with Crippen molar-refractivity contribution in [1.82, 2.24) is 0 Å². The van der Waals surface area contributed by atoms with Crippen LogP contribution in [0.1, 0.15) is 37.1 Å². The van der Waals surface area contributed by atoms with Crippen molar-refractivity contribution in [3.63, 3.8) is 0 Å². The van der Waals surface area contributed by atoms with Crippen LogP contribution in [-0.4, -0.2) is 19.8 Å². The molecule has 1 aliphatic rings. The highest BCUT2D eigenvalue weighted by Gasteiger charge is 2.41. The molecule has 0 amide bonds. The molecule has 1 heterocycles. The molecule has 0 saturated heterocycles. The summed E-state index contributed by atoms with van der Waals surface area (Å²) in [6, 6.07) is 3.42. The largest absolute Gasteiger partial charge is 0.416 e. The summed E-state index contributed by atoms with van der Waals surface area (Å²) in [4.78, 5) is 0. The summed E-state index contributed by atoms with van der Waals surface area (Å²) in [5.74, 6) is 0. The number of nitrogens with one attached hydrogen (secondary N) is 1. The number of hydrogen-bond donors (Lipinski definition) is 1. The molecule has 124 valence electrons. The van der Waals surface area contributed by atoms with Crippen molar-refractivity contribution in [2.75, 3.05) is 25.1 Å². The highest BCUT2D eigenvalue weighted by Crippen LogP contribution is 2.64. The molecule has 0 bridgehead atoms. The van der Waals surface area contributed by atoms with Gasteiger partial charge in [0.25, 0.3) is 0 Å². The van der Waals surface area contributed by atoms with Gasteiger partial charge in [-0.05, 0) is 44.0 Å². The van der Waals surface area contributed by atoms with Crippen LogP contribution in [0.3, 0.4) is 0 Å². The molecular formula is C14H19F3NO3P. The van der Waals surface area contributed by atoms with Gasteiger partial charge in [-0.2, -0.15) is 13.2 Å². The summed E-state index contributed by atoms with van der Waals surface area (Å²) in [5.41, 5.74) is -0.569. The second-order valence-corrected chi connectivity index (χ2v) is 7.13. The zero-order chi connectivity index (χ0) is 16.4. The molecule has 0 aromatic heterocycles. The maximum Gasteiger partial charge on any atom is 0.416 e. The third kappa shape index (κ3) is 3.47. The van der Waals surface area contributed by atoms with E-state index in [9.17, 15) is 17.7 Å². The molecule has 8 heteroatoms. The Bertz CT molecular complexity index is 567. The molecule has 22 heavy (non-hydrogen) atoms. The van der Waals surface area contributed by atoms with E-state index in [1.807, 2.05) is 0 Å². The second kappa shape index (κ2) is 6.60. The zero-order valence-corrected chi connectivity index (χ0v) is 13.3. The van der Waals surface area contributed by atoms with Crippen LogP contribution in [-0.2, 0) is 19.8 Å². The van der Waals surface area contributed by atoms with E-state index in [-0.39, 0.29) is 13.2 Å². The molecule has 1 aromatic rings. The van der Waals surface area contributed by atoms with Crippen molar-refractivity contribution < 1.29 is 26.8 Å². The topological polar surface area (TPSA) is 47.6 Å². The molecule has 0 fully saturated rings. The first kappa shape index (κ1) is 17.3. The summed E-state index contributed by atoms with van der Waals surface area (Å²) >= 11 is 0. The number of anilines is 1. The minimum Gasteiger partial charge on any atom is -0.385 e. The molecular weight excluding hydrogens is 318 g/mol. The van der Waals surface area contributed by atoms with Gasteiger partial charge in [-0.1, -0.05) is 0 Å². The van der Waals surface area contributed by atoms with Crippen LogP contribution >= 0.6 is 7.60 Å². The van der Waals surface area contributed by atoms with E-state index >= 15 is 0 Å². The van der Waals surface area contributed by atoms with Gasteiger partial charge in [0.15, 0.2) is 0 Å². The normalized spacial score (nSPS) is 18.7. The highest BCUT2D eigenvalue weighted by molar-refractivity contribution is 7.54. The summed E-state index contributed by atoms with van der Waals surface area (Å²) in [7, 11) is -3.51. The number of alkyl halides is 3. The van der Waals surface area contributed by atoms with Gasteiger partial charge in [0.05, 0.1) is 24.4 Å². The van der Waals surface area contributed by atoms with Crippen LogP contribution in [0.2, 0.25) is 0 Å². The molecule has 0 aliphatic carbocycles. The standard InChI is InChI=1S/C14H19F3NO3P/c1-3-20-22(19,21-4-2)13-7-8-18-12-6-5-10(9-11(12)13)14(15,16)17/h5-6,9,13,18H,3-4,7-8H2,1-2H3. The Balaban J connectivity index is 2.47. The molecule has 1 unspecified atom stereocenters. The van der Waals surface area contributed by atoms with Gasteiger partial charge in [-0.15, -0.1) is 0 Å². The predicted molar refractivity (Wildman–Crippen MR) is 78.2 cm³/mol. The van der Waals surface area contributed by atoms with Crippen molar-refractivity contribution in [1.29, 1.82) is 0 Å². The Kier molecular flexibility index (Phi) is 5.20. The summed E-state index contributed by atoms with van der Waals surface area (Å²) in [6.07, 6.45) is -4.05. The fraction of sp³-hybridized carbons (Fsp3) is 0.571. The van der Waals surface area contributed by atoms with Gasteiger partial charge in [0.1, 0.15) is 0 Å². The number of halogens is 3. The minimum atomic E-state index is -4.45. The molecule has 1 atom stereocenters. The highest BCUT2D eigenvalue weighted by atomic mass is 31.2. The average Bonchev–Trinajstić information content (AvgIpc) is 2.45. The Labute approximate surface area is 127 Å². The number of fused-ring (bicyclic) bond motifs is 1.